The van der Waals surface area contributed by atoms with Crippen molar-refractivity contribution in [2.45, 2.75) is 44.2 Å². The Labute approximate surface area is 191 Å². The van der Waals surface area contributed by atoms with E-state index in [9.17, 15) is 18.0 Å². The smallest absolute Gasteiger partial charge is 0.338 e. The molecule has 1 aliphatic rings. The molecule has 7 nitrogen and oxygen atoms in total. The molecule has 1 saturated heterocycles. The molecule has 1 amide bonds. The van der Waals surface area contributed by atoms with Gasteiger partial charge in [0.2, 0.25) is 10.0 Å². The van der Waals surface area contributed by atoms with Gasteiger partial charge in [-0.3, -0.25) is 4.79 Å². The molecule has 1 aromatic heterocycles. The zero-order chi connectivity index (χ0) is 22.6. The minimum absolute atomic E-state index is 0.0194. The van der Waals surface area contributed by atoms with E-state index in [0.29, 0.717) is 19.6 Å². The van der Waals surface area contributed by atoms with Gasteiger partial charge in [-0.1, -0.05) is 24.6 Å². The van der Waals surface area contributed by atoms with Gasteiger partial charge >= 0.3 is 5.97 Å². The van der Waals surface area contributed by atoms with Crippen molar-refractivity contribution in [1.29, 1.82) is 0 Å². The molecule has 1 aliphatic heterocycles. The summed E-state index contributed by atoms with van der Waals surface area (Å²) in [7, 11) is -3.84. The second kappa shape index (κ2) is 10.1. The van der Waals surface area contributed by atoms with Crippen molar-refractivity contribution in [3.63, 3.8) is 0 Å². The maximum atomic E-state index is 13.1. The molecule has 0 radical (unpaired) electrons. The number of rotatable bonds is 7. The molecule has 3 rings (SSSR count). The third-order valence-corrected chi connectivity index (χ3v) is 8.30. The van der Waals surface area contributed by atoms with Crippen molar-refractivity contribution in [2.24, 2.45) is 5.92 Å². The van der Waals surface area contributed by atoms with Crippen molar-refractivity contribution in [3.8, 4) is 0 Å². The van der Waals surface area contributed by atoms with Gasteiger partial charge in [0.15, 0.2) is 6.10 Å². The zero-order valence-corrected chi connectivity index (χ0v) is 19.7. The summed E-state index contributed by atoms with van der Waals surface area (Å²) in [5.41, 5.74) is 0.0194. The lowest BCUT2D eigenvalue weighted by molar-refractivity contribution is -0.129. The first-order valence-electron chi connectivity index (χ1n) is 9.99. The minimum Gasteiger partial charge on any atom is -0.449 e. The van der Waals surface area contributed by atoms with E-state index >= 15 is 0 Å². The predicted molar refractivity (Wildman–Crippen MR) is 120 cm³/mol. The Bertz CT molecular complexity index is 1040. The summed E-state index contributed by atoms with van der Waals surface area (Å²) in [5.74, 6) is -0.978. The van der Waals surface area contributed by atoms with Gasteiger partial charge in [-0.2, -0.15) is 4.31 Å². The average molecular weight is 485 g/mol. The van der Waals surface area contributed by atoms with Gasteiger partial charge in [-0.05, 0) is 55.3 Å². The monoisotopic (exact) mass is 484 g/mol. The molecule has 0 bridgehead atoms. The molecule has 2 heterocycles. The van der Waals surface area contributed by atoms with Crippen LogP contribution in [0.25, 0.3) is 0 Å². The number of nitrogens with zero attached hydrogens (tertiary/aromatic N) is 1. The number of halogens is 1. The maximum Gasteiger partial charge on any atom is 0.338 e. The van der Waals surface area contributed by atoms with Crippen LogP contribution in [-0.2, 0) is 26.1 Å². The number of piperidine rings is 1. The molecular formula is C21H25ClN2O5S2. The van der Waals surface area contributed by atoms with Crippen molar-refractivity contribution >= 4 is 44.8 Å². The minimum atomic E-state index is -3.84. The van der Waals surface area contributed by atoms with Crippen LogP contribution in [0.3, 0.4) is 0 Å². The number of esters is 1. The summed E-state index contributed by atoms with van der Waals surface area (Å²) < 4.78 is 32.8. The fraction of sp³-hybridized carbons (Fsp3) is 0.429. The Balaban J connectivity index is 1.69. The summed E-state index contributed by atoms with van der Waals surface area (Å²) in [4.78, 5) is 25.6. The lowest BCUT2D eigenvalue weighted by atomic mass is 10.0. The van der Waals surface area contributed by atoms with Crippen LogP contribution in [0, 0.1) is 5.92 Å². The molecule has 10 heteroatoms. The molecule has 168 valence electrons. The number of carbonyl (C=O) groups excluding carboxylic acids is 2. The maximum absolute atomic E-state index is 13.1. The number of hydrogen-bond donors (Lipinski definition) is 1. The molecule has 2 unspecified atom stereocenters. The van der Waals surface area contributed by atoms with Gasteiger partial charge in [-0.15, -0.1) is 11.3 Å². The van der Waals surface area contributed by atoms with E-state index in [-0.39, 0.29) is 21.4 Å². The molecule has 0 aliphatic carbocycles. The van der Waals surface area contributed by atoms with Gasteiger partial charge in [0.25, 0.3) is 5.91 Å². The number of sulfonamides is 1. The van der Waals surface area contributed by atoms with E-state index in [1.807, 2.05) is 24.4 Å². The largest absolute Gasteiger partial charge is 0.449 e. The van der Waals surface area contributed by atoms with Crippen LogP contribution in [0.1, 0.15) is 41.9 Å². The number of benzene rings is 1. The summed E-state index contributed by atoms with van der Waals surface area (Å²) in [5, 5.41) is 4.65. The molecule has 0 spiro atoms. The highest BCUT2D eigenvalue weighted by Gasteiger charge is 2.31. The van der Waals surface area contributed by atoms with Crippen LogP contribution in [0.4, 0.5) is 0 Å². The second-order valence-corrected chi connectivity index (χ2v) is 10.9. The van der Waals surface area contributed by atoms with Crippen molar-refractivity contribution < 1.29 is 22.7 Å². The Kier molecular flexibility index (Phi) is 7.74. The Morgan fingerprint density at radius 2 is 2.13 bits per heavy atom. The number of ether oxygens (including phenoxy) is 1. The first-order chi connectivity index (χ1) is 14.7. The third kappa shape index (κ3) is 5.85. The number of hydrogen-bond acceptors (Lipinski definition) is 6. The normalized spacial score (nSPS) is 18.4. The standard InChI is InChI=1S/C21H25ClN2O5S2/c1-14-5-3-9-24(13-14)31(27,28)19-11-16(7-8-18(19)22)21(26)29-15(2)20(25)23-12-17-6-4-10-30-17/h4,6-8,10-11,14-15H,3,5,9,12-13H2,1-2H3,(H,23,25). The fourth-order valence-electron chi connectivity index (χ4n) is 3.34. The summed E-state index contributed by atoms with van der Waals surface area (Å²) in [6.45, 7) is 4.64. The Hall–Kier alpha value is -1.94. The van der Waals surface area contributed by atoms with Crippen LogP contribution < -0.4 is 5.32 Å². The third-order valence-electron chi connectivity index (χ3n) is 5.07. The van der Waals surface area contributed by atoms with Gasteiger partial charge in [0, 0.05) is 18.0 Å². The highest BCUT2D eigenvalue weighted by atomic mass is 35.5. The van der Waals surface area contributed by atoms with Gasteiger partial charge < -0.3 is 10.1 Å². The molecule has 1 fully saturated rings. The summed E-state index contributed by atoms with van der Waals surface area (Å²) in [6.07, 6.45) is 0.710. The first-order valence-corrected chi connectivity index (χ1v) is 12.7. The summed E-state index contributed by atoms with van der Waals surface area (Å²) >= 11 is 7.67. The average Bonchev–Trinajstić information content (AvgIpc) is 3.25. The second-order valence-electron chi connectivity index (χ2n) is 7.60. The number of amides is 1. The molecule has 1 N–H and O–H groups in total. The molecule has 1 aromatic carbocycles. The highest BCUT2D eigenvalue weighted by Crippen LogP contribution is 2.29. The van der Waals surface area contributed by atoms with Crippen molar-refractivity contribution in [1.82, 2.24) is 9.62 Å². The first kappa shape index (κ1) is 23.7. The van der Waals surface area contributed by atoms with E-state index in [1.165, 1.54) is 40.8 Å². The lowest BCUT2D eigenvalue weighted by Crippen LogP contribution is -2.39. The van der Waals surface area contributed by atoms with Gasteiger partial charge in [0.05, 0.1) is 17.1 Å². The number of carbonyl (C=O) groups is 2. The van der Waals surface area contributed by atoms with Gasteiger partial charge in [0.1, 0.15) is 4.90 Å². The van der Waals surface area contributed by atoms with E-state index in [1.54, 1.807) is 0 Å². The van der Waals surface area contributed by atoms with E-state index in [2.05, 4.69) is 5.32 Å². The SMILES string of the molecule is CC1CCCN(S(=O)(=O)c2cc(C(=O)OC(C)C(=O)NCc3cccs3)ccc2Cl)C1. The van der Waals surface area contributed by atoms with E-state index in [4.69, 9.17) is 16.3 Å². The van der Waals surface area contributed by atoms with Crippen LogP contribution in [0.15, 0.2) is 40.6 Å². The molecular weight excluding hydrogens is 460 g/mol. The Morgan fingerprint density at radius 3 is 2.81 bits per heavy atom. The molecule has 0 saturated carbocycles. The van der Waals surface area contributed by atoms with Crippen LogP contribution in [0.5, 0.6) is 0 Å². The van der Waals surface area contributed by atoms with Crippen molar-refractivity contribution in [2.75, 3.05) is 13.1 Å². The molecule has 2 atom stereocenters. The fourth-order valence-corrected chi connectivity index (χ4v) is 6.09. The van der Waals surface area contributed by atoms with E-state index < -0.39 is 28.0 Å². The topological polar surface area (TPSA) is 92.8 Å². The summed E-state index contributed by atoms with van der Waals surface area (Å²) in [6, 6.07) is 7.74. The molecule has 31 heavy (non-hydrogen) atoms. The van der Waals surface area contributed by atoms with Crippen LogP contribution in [0.2, 0.25) is 5.02 Å². The quantitative estimate of drug-likeness (QED) is 0.605. The van der Waals surface area contributed by atoms with Crippen LogP contribution in [-0.4, -0.2) is 43.8 Å². The van der Waals surface area contributed by atoms with Crippen LogP contribution >= 0.6 is 22.9 Å². The molecule has 2 aromatic rings. The lowest BCUT2D eigenvalue weighted by Gasteiger charge is -2.30. The van der Waals surface area contributed by atoms with Crippen molar-refractivity contribution in [3.05, 3.63) is 51.2 Å². The van der Waals surface area contributed by atoms with E-state index in [0.717, 1.165) is 17.7 Å². The van der Waals surface area contributed by atoms with Gasteiger partial charge in [-0.25, -0.2) is 13.2 Å². The predicted octanol–water partition coefficient (Wildman–Crippen LogP) is 3.68. The number of nitrogens with one attached hydrogen (secondary N) is 1. The highest BCUT2D eigenvalue weighted by molar-refractivity contribution is 7.89. The zero-order valence-electron chi connectivity index (χ0n) is 17.3. The number of thiophene rings is 1. The Morgan fingerprint density at radius 1 is 1.35 bits per heavy atom.